The molecule has 0 aliphatic heterocycles. The lowest BCUT2D eigenvalue weighted by Crippen LogP contribution is -2.30. The molecular weight excluding hydrogens is 316 g/mol. The normalized spacial score (nSPS) is 20.2. The molecule has 132 valence electrons. The highest BCUT2D eigenvalue weighted by atomic mass is 16.5. The summed E-state index contributed by atoms with van der Waals surface area (Å²) in [6.45, 7) is 4.11. The van der Waals surface area contributed by atoms with Crippen molar-refractivity contribution in [3.05, 3.63) is 59.9 Å². The number of aliphatic hydroxyl groups is 1. The summed E-state index contributed by atoms with van der Waals surface area (Å²) in [6, 6.07) is 11.2. The van der Waals surface area contributed by atoms with Crippen LogP contribution >= 0.6 is 0 Å². The minimum Gasteiger partial charge on any atom is -0.491 e. The van der Waals surface area contributed by atoms with Gasteiger partial charge in [0.2, 0.25) is 5.91 Å². The molecule has 1 aliphatic rings. The molecule has 3 atom stereocenters. The summed E-state index contributed by atoms with van der Waals surface area (Å²) >= 11 is 0. The third-order valence-electron chi connectivity index (χ3n) is 4.32. The van der Waals surface area contributed by atoms with Crippen LogP contribution in [0.15, 0.2) is 48.8 Å². The van der Waals surface area contributed by atoms with Crippen LogP contribution in [-0.4, -0.2) is 28.6 Å². The smallest absolute Gasteiger partial charge is 0.223 e. The molecule has 1 aromatic carbocycles. The Kier molecular flexibility index (Phi) is 5.34. The molecule has 5 heteroatoms. The third-order valence-corrected chi connectivity index (χ3v) is 4.32. The van der Waals surface area contributed by atoms with Gasteiger partial charge in [-0.05, 0) is 55.5 Å². The second-order valence-electron chi connectivity index (χ2n) is 6.74. The van der Waals surface area contributed by atoms with Crippen LogP contribution in [-0.2, 0) is 4.79 Å². The van der Waals surface area contributed by atoms with Crippen LogP contribution in [0.5, 0.6) is 5.75 Å². The zero-order valence-electron chi connectivity index (χ0n) is 14.6. The van der Waals surface area contributed by atoms with Crippen LogP contribution < -0.4 is 10.1 Å². The van der Waals surface area contributed by atoms with Crippen molar-refractivity contribution >= 4 is 5.91 Å². The Labute approximate surface area is 148 Å². The van der Waals surface area contributed by atoms with Gasteiger partial charge in [-0.15, -0.1) is 0 Å². The number of nitrogens with one attached hydrogen (secondary N) is 1. The topological polar surface area (TPSA) is 71.5 Å². The number of carbonyl (C=O) groups is 1. The number of benzene rings is 1. The molecule has 1 amide bonds. The Balaban J connectivity index is 1.51. The molecule has 3 rings (SSSR count). The predicted octanol–water partition coefficient (Wildman–Crippen LogP) is 2.82. The molecule has 2 aromatic rings. The molecule has 25 heavy (non-hydrogen) atoms. The van der Waals surface area contributed by atoms with Crippen molar-refractivity contribution in [3.63, 3.8) is 0 Å². The Hall–Kier alpha value is -2.40. The van der Waals surface area contributed by atoms with Crippen molar-refractivity contribution in [1.29, 1.82) is 0 Å². The summed E-state index contributed by atoms with van der Waals surface area (Å²) < 4.78 is 5.64. The first-order valence-electron chi connectivity index (χ1n) is 8.67. The van der Waals surface area contributed by atoms with E-state index < -0.39 is 6.10 Å². The quantitative estimate of drug-likeness (QED) is 0.813. The Bertz CT molecular complexity index is 718. The SMILES string of the molecule is CC(C)Oc1cccc([C@H](O)CNC(=O)[C@@H]2C[C@H]2c2cccnc2)c1. The van der Waals surface area contributed by atoms with Crippen molar-refractivity contribution < 1.29 is 14.6 Å². The standard InChI is InChI=1S/C20H24N2O3/c1-13(2)25-16-7-3-5-14(9-16)19(23)12-22-20(24)18-10-17(18)15-6-4-8-21-11-15/h3-9,11,13,17-19,23H,10,12H2,1-2H3,(H,22,24)/t17-,18+,19+/m0/s1. The fourth-order valence-electron chi connectivity index (χ4n) is 2.96. The van der Waals surface area contributed by atoms with Gasteiger partial charge in [0.25, 0.3) is 0 Å². The summed E-state index contributed by atoms with van der Waals surface area (Å²) in [7, 11) is 0. The lowest BCUT2D eigenvalue weighted by atomic mass is 10.1. The third kappa shape index (κ3) is 4.57. The maximum atomic E-state index is 12.3. The molecule has 0 bridgehead atoms. The van der Waals surface area contributed by atoms with E-state index in [2.05, 4.69) is 10.3 Å². The van der Waals surface area contributed by atoms with Crippen LogP contribution in [0.1, 0.15) is 43.4 Å². The van der Waals surface area contributed by atoms with E-state index in [0.717, 1.165) is 23.3 Å². The van der Waals surface area contributed by atoms with Crippen LogP contribution in [0.2, 0.25) is 0 Å². The number of pyridine rings is 1. The van der Waals surface area contributed by atoms with E-state index in [0.29, 0.717) is 0 Å². The van der Waals surface area contributed by atoms with Gasteiger partial charge in [-0.3, -0.25) is 9.78 Å². The zero-order chi connectivity index (χ0) is 17.8. The highest BCUT2D eigenvalue weighted by Gasteiger charge is 2.43. The largest absolute Gasteiger partial charge is 0.491 e. The summed E-state index contributed by atoms with van der Waals surface area (Å²) in [5.41, 5.74) is 1.83. The average molecular weight is 340 g/mol. The number of nitrogens with zero attached hydrogens (tertiary/aromatic N) is 1. The number of hydrogen-bond donors (Lipinski definition) is 2. The molecular formula is C20H24N2O3. The minimum absolute atomic E-state index is 0.0116. The van der Waals surface area contributed by atoms with Gasteiger partial charge in [-0.2, -0.15) is 0 Å². The Morgan fingerprint density at radius 3 is 2.92 bits per heavy atom. The highest BCUT2D eigenvalue weighted by Crippen LogP contribution is 2.47. The van der Waals surface area contributed by atoms with E-state index in [1.54, 1.807) is 6.20 Å². The van der Waals surface area contributed by atoms with E-state index in [1.165, 1.54) is 0 Å². The van der Waals surface area contributed by atoms with Gasteiger partial charge in [0.15, 0.2) is 0 Å². The number of amides is 1. The maximum Gasteiger partial charge on any atom is 0.223 e. The molecule has 2 N–H and O–H groups in total. The van der Waals surface area contributed by atoms with Crippen LogP contribution in [0, 0.1) is 5.92 Å². The van der Waals surface area contributed by atoms with Gasteiger partial charge < -0.3 is 15.2 Å². The Morgan fingerprint density at radius 2 is 2.20 bits per heavy atom. The molecule has 0 spiro atoms. The van der Waals surface area contributed by atoms with Crippen molar-refractivity contribution in [2.45, 2.75) is 38.4 Å². The number of hydrogen-bond acceptors (Lipinski definition) is 4. The molecule has 1 aromatic heterocycles. The number of aromatic nitrogens is 1. The van der Waals surface area contributed by atoms with Crippen molar-refractivity contribution in [2.24, 2.45) is 5.92 Å². The molecule has 1 fully saturated rings. The summed E-state index contributed by atoms with van der Waals surface area (Å²) in [4.78, 5) is 16.4. The summed E-state index contributed by atoms with van der Waals surface area (Å²) in [6.07, 6.45) is 3.70. The maximum absolute atomic E-state index is 12.3. The molecule has 0 radical (unpaired) electrons. The van der Waals surface area contributed by atoms with Gasteiger partial charge in [-0.1, -0.05) is 18.2 Å². The second-order valence-corrected chi connectivity index (χ2v) is 6.74. The fraction of sp³-hybridized carbons (Fsp3) is 0.400. The monoisotopic (exact) mass is 340 g/mol. The first kappa shape index (κ1) is 17.4. The number of ether oxygens (including phenoxy) is 1. The average Bonchev–Trinajstić information content (AvgIpc) is 3.40. The molecule has 0 saturated heterocycles. The number of carbonyl (C=O) groups excluding carboxylic acids is 1. The summed E-state index contributed by atoms with van der Waals surface area (Å²) in [5.74, 6) is 0.930. The van der Waals surface area contributed by atoms with Crippen molar-refractivity contribution in [1.82, 2.24) is 10.3 Å². The molecule has 0 unspecified atom stereocenters. The predicted molar refractivity (Wildman–Crippen MR) is 95.3 cm³/mol. The van der Waals surface area contributed by atoms with Crippen molar-refractivity contribution in [3.8, 4) is 5.75 Å². The van der Waals surface area contributed by atoms with E-state index in [4.69, 9.17) is 4.74 Å². The van der Waals surface area contributed by atoms with Gasteiger partial charge in [0.05, 0.1) is 12.2 Å². The number of aliphatic hydroxyl groups excluding tert-OH is 1. The molecule has 1 heterocycles. The van der Waals surface area contributed by atoms with Crippen LogP contribution in [0.3, 0.4) is 0 Å². The minimum atomic E-state index is -0.754. The lowest BCUT2D eigenvalue weighted by Gasteiger charge is -2.15. The first-order chi connectivity index (χ1) is 12.0. The summed E-state index contributed by atoms with van der Waals surface area (Å²) in [5, 5.41) is 13.2. The van der Waals surface area contributed by atoms with E-state index in [9.17, 15) is 9.90 Å². The molecule has 5 nitrogen and oxygen atoms in total. The molecule has 1 aliphatic carbocycles. The highest BCUT2D eigenvalue weighted by molar-refractivity contribution is 5.82. The first-order valence-corrected chi connectivity index (χ1v) is 8.67. The number of rotatable bonds is 7. The van der Waals surface area contributed by atoms with Crippen molar-refractivity contribution in [2.75, 3.05) is 6.54 Å². The lowest BCUT2D eigenvalue weighted by molar-refractivity contribution is -0.122. The van der Waals surface area contributed by atoms with E-state index >= 15 is 0 Å². The zero-order valence-corrected chi connectivity index (χ0v) is 14.6. The van der Waals surface area contributed by atoms with Gasteiger partial charge in [0, 0.05) is 24.9 Å². The molecule has 1 saturated carbocycles. The Morgan fingerprint density at radius 1 is 1.36 bits per heavy atom. The second kappa shape index (κ2) is 7.66. The van der Waals surface area contributed by atoms with Crippen LogP contribution in [0.25, 0.3) is 0 Å². The van der Waals surface area contributed by atoms with E-state index in [1.807, 2.05) is 56.4 Å². The fourth-order valence-corrected chi connectivity index (χ4v) is 2.96. The van der Waals surface area contributed by atoms with Gasteiger partial charge in [-0.25, -0.2) is 0 Å². The van der Waals surface area contributed by atoms with Crippen LogP contribution in [0.4, 0.5) is 0 Å². The van der Waals surface area contributed by atoms with E-state index in [-0.39, 0.29) is 30.4 Å². The van der Waals surface area contributed by atoms with Gasteiger partial charge in [0.1, 0.15) is 5.75 Å². The van der Waals surface area contributed by atoms with Gasteiger partial charge >= 0.3 is 0 Å².